The van der Waals surface area contributed by atoms with Crippen LogP contribution in [0.3, 0.4) is 0 Å². The molecule has 1 unspecified atom stereocenters. The lowest BCUT2D eigenvalue weighted by Crippen LogP contribution is -2.37. The van der Waals surface area contributed by atoms with Crippen molar-refractivity contribution in [3.05, 3.63) is 88.9 Å². The molecule has 3 aromatic rings. The summed E-state index contributed by atoms with van der Waals surface area (Å²) in [6.45, 7) is 10.2. The fourth-order valence-corrected chi connectivity index (χ4v) is 5.74. The molecule has 1 atom stereocenters. The van der Waals surface area contributed by atoms with E-state index < -0.39 is 21.8 Å². The smallest absolute Gasteiger partial charge is 0.229 e. The second-order valence-electron chi connectivity index (χ2n) is 12.1. The van der Waals surface area contributed by atoms with Crippen molar-refractivity contribution in [2.75, 3.05) is 29.0 Å². The normalized spacial score (nSPS) is 15.4. The Kier molecular flexibility index (Phi) is 9.37. The summed E-state index contributed by atoms with van der Waals surface area (Å²) in [4.78, 5) is 20.5. The molecular formula is C32H41FN4O3S. The molecule has 1 fully saturated rings. The van der Waals surface area contributed by atoms with Crippen molar-refractivity contribution < 1.29 is 17.6 Å². The molecule has 41 heavy (non-hydrogen) atoms. The lowest BCUT2D eigenvalue weighted by Gasteiger charge is -2.35. The van der Waals surface area contributed by atoms with E-state index in [1.165, 1.54) is 17.7 Å². The van der Waals surface area contributed by atoms with E-state index in [2.05, 4.69) is 72.1 Å². The maximum Gasteiger partial charge on any atom is 0.229 e. The van der Waals surface area contributed by atoms with Gasteiger partial charge >= 0.3 is 0 Å². The molecule has 0 radical (unpaired) electrons. The summed E-state index contributed by atoms with van der Waals surface area (Å²) in [5, 5.41) is 3.01. The average molecular weight is 581 g/mol. The molecule has 0 saturated carbocycles. The van der Waals surface area contributed by atoms with Gasteiger partial charge in [-0.25, -0.2) is 17.8 Å². The number of halogens is 1. The van der Waals surface area contributed by atoms with Crippen molar-refractivity contribution in [1.82, 2.24) is 10.3 Å². The van der Waals surface area contributed by atoms with Crippen LogP contribution in [0, 0.1) is 11.7 Å². The first kappa shape index (κ1) is 30.5. The number of rotatable bonds is 9. The van der Waals surface area contributed by atoms with E-state index in [0.717, 1.165) is 55.7 Å². The van der Waals surface area contributed by atoms with E-state index in [1.54, 1.807) is 13.0 Å². The Bertz CT molecular complexity index is 1460. The standard InChI is InChI=1S/C32H41FN4O3S/c1-22(25-11-13-28(27(33)20-25)36-41(5,39)40)31(38)34-21-26-12-14-29(32(2,3)4)35-30(26)37-17-15-24(16-18-37)19-23-9-7-6-8-10-23/h6-14,20,22,24,36H,15-19,21H2,1-5H3,(H,34,38). The Morgan fingerprint density at radius 2 is 1.76 bits per heavy atom. The summed E-state index contributed by atoms with van der Waals surface area (Å²) < 4.78 is 39.6. The second-order valence-corrected chi connectivity index (χ2v) is 13.9. The number of hydrogen-bond donors (Lipinski definition) is 2. The number of piperidine rings is 1. The molecule has 4 rings (SSSR count). The Labute approximate surface area is 243 Å². The zero-order chi connectivity index (χ0) is 29.8. The van der Waals surface area contributed by atoms with Crippen molar-refractivity contribution in [3.63, 3.8) is 0 Å². The third-order valence-corrected chi connectivity index (χ3v) is 8.23. The molecule has 1 amide bonds. The summed E-state index contributed by atoms with van der Waals surface area (Å²) in [7, 11) is -3.61. The third kappa shape index (κ3) is 8.28. The Morgan fingerprint density at radius 1 is 1.07 bits per heavy atom. The molecule has 2 aromatic carbocycles. The van der Waals surface area contributed by atoms with E-state index in [1.807, 2.05) is 6.07 Å². The van der Waals surface area contributed by atoms with Gasteiger partial charge in [-0.2, -0.15) is 0 Å². The van der Waals surface area contributed by atoms with Gasteiger partial charge in [0.15, 0.2) is 0 Å². The number of carbonyl (C=O) groups excluding carboxylic acids is 1. The minimum Gasteiger partial charge on any atom is -0.356 e. The Balaban J connectivity index is 1.45. The van der Waals surface area contributed by atoms with Crippen molar-refractivity contribution in [2.45, 2.75) is 64.8 Å². The fourth-order valence-electron chi connectivity index (χ4n) is 5.17. The van der Waals surface area contributed by atoms with Crippen LogP contribution in [0.15, 0.2) is 60.7 Å². The number of nitrogens with zero attached hydrogens (tertiary/aromatic N) is 2. The number of pyridine rings is 1. The predicted octanol–water partition coefficient (Wildman–Crippen LogP) is 5.77. The molecule has 1 saturated heterocycles. The topological polar surface area (TPSA) is 91.4 Å². The third-order valence-electron chi connectivity index (χ3n) is 7.64. The summed E-state index contributed by atoms with van der Waals surface area (Å²) >= 11 is 0. The van der Waals surface area contributed by atoms with E-state index in [9.17, 15) is 17.6 Å². The predicted molar refractivity (Wildman–Crippen MR) is 163 cm³/mol. The maximum atomic E-state index is 14.5. The zero-order valence-corrected chi connectivity index (χ0v) is 25.4. The first-order chi connectivity index (χ1) is 19.3. The number of amides is 1. The van der Waals surface area contributed by atoms with Crippen molar-refractivity contribution >= 4 is 27.4 Å². The number of nitrogens with one attached hydrogen (secondary N) is 2. The van der Waals surface area contributed by atoms with Crippen LogP contribution in [-0.2, 0) is 33.2 Å². The number of sulfonamides is 1. The van der Waals surface area contributed by atoms with Gasteiger partial charge in [0, 0.05) is 36.3 Å². The Morgan fingerprint density at radius 3 is 2.37 bits per heavy atom. The van der Waals surface area contributed by atoms with Gasteiger partial charge in [-0.1, -0.05) is 63.2 Å². The highest BCUT2D eigenvalue weighted by molar-refractivity contribution is 7.92. The molecule has 2 heterocycles. The van der Waals surface area contributed by atoms with Crippen molar-refractivity contribution in [2.24, 2.45) is 5.92 Å². The molecule has 1 aliphatic rings. The largest absolute Gasteiger partial charge is 0.356 e. The number of benzene rings is 2. The van der Waals surface area contributed by atoms with Crippen LogP contribution in [0.25, 0.3) is 0 Å². The van der Waals surface area contributed by atoms with Crippen LogP contribution in [0.4, 0.5) is 15.9 Å². The van der Waals surface area contributed by atoms with E-state index in [-0.39, 0.29) is 17.0 Å². The SMILES string of the molecule is CC(C(=O)NCc1ccc(C(C)(C)C)nc1N1CCC(Cc2ccccc2)CC1)c1ccc(NS(C)(=O)=O)c(F)c1. The first-order valence-electron chi connectivity index (χ1n) is 14.1. The number of anilines is 2. The lowest BCUT2D eigenvalue weighted by molar-refractivity contribution is -0.122. The molecule has 9 heteroatoms. The van der Waals surface area contributed by atoms with Crippen LogP contribution in [0.5, 0.6) is 0 Å². The van der Waals surface area contributed by atoms with Gasteiger partial charge in [0.05, 0.1) is 17.9 Å². The van der Waals surface area contributed by atoms with Gasteiger partial charge in [-0.3, -0.25) is 9.52 Å². The number of aromatic nitrogens is 1. The molecule has 0 spiro atoms. The summed E-state index contributed by atoms with van der Waals surface area (Å²) in [6.07, 6.45) is 4.20. The maximum absolute atomic E-state index is 14.5. The second kappa shape index (κ2) is 12.6. The van der Waals surface area contributed by atoms with Crippen LogP contribution >= 0.6 is 0 Å². The first-order valence-corrected chi connectivity index (χ1v) is 16.0. The molecular weight excluding hydrogens is 539 g/mol. The molecule has 1 aliphatic heterocycles. The molecule has 7 nitrogen and oxygen atoms in total. The average Bonchev–Trinajstić information content (AvgIpc) is 2.92. The quantitative estimate of drug-likeness (QED) is 0.335. The van der Waals surface area contributed by atoms with Gasteiger partial charge in [-0.15, -0.1) is 0 Å². The van der Waals surface area contributed by atoms with E-state index in [0.29, 0.717) is 18.0 Å². The van der Waals surface area contributed by atoms with Gasteiger partial charge in [0.1, 0.15) is 11.6 Å². The van der Waals surface area contributed by atoms with Gasteiger partial charge in [-0.05, 0) is 61.4 Å². The molecule has 0 bridgehead atoms. The van der Waals surface area contributed by atoms with Crippen molar-refractivity contribution in [1.29, 1.82) is 0 Å². The van der Waals surface area contributed by atoms with Gasteiger partial charge in [0.25, 0.3) is 0 Å². The number of hydrogen-bond acceptors (Lipinski definition) is 5. The summed E-state index contributed by atoms with van der Waals surface area (Å²) in [5.74, 6) is -0.0717. The lowest BCUT2D eigenvalue weighted by atomic mass is 9.89. The summed E-state index contributed by atoms with van der Waals surface area (Å²) in [6, 6.07) is 18.8. The van der Waals surface area contributed by atoms with E-state index in [4.69, 9.17) is 4.98 Å². The minimum atomic E-state index is -3.61. The highest BCUT2D eigenvalue weighted by Crippen LogP contribution is 2.30. The van der Waals surface area contributed by atoms with Crippen LogP contribution in [-0.4, -0.2) is 38.7 Å². The zero-order valence-electron chi connectivity index (χ0n) is 24.6. The van der Waals surface area contributed by atoms with Crippen molar-refractivity contribution in [3.8, 4) is 0 Å². The fraction of sp³-hybridized carbons (Fsp3) is 0.438. The summed E-state index contributed by atoms with van der Waals surface area (Å²) in [5.41, 5.74) is 3.52. The van der Waals surface area contributed by atoms with Gasteiger partial charge < -0.3 is 10.2 Å². The molecule has 220 valence electrons. The molecule has 1 aromatic heterocycles. The number of carbonyl (C=O) groups is 1. The molecule has 0 aliphatic carbocycles. The van der Waals surface area contributed by atoms with Crippen LogP contribution in [0.1, 0.15) is 68.8 Å². The van der Waals surface area contributed by atoms with Crippen LogP contribution in [0.2, 0.25) is 0 Å². The van der Waals surface area contributed by atoms with Gasteiger partial charge in [0.2, 0.25) is 15.9 Å². The van der Waals surface area contributed by atoms with E-state index >= 15 is 0 Å². The Hall–Kier alpha value is -3.46. The minimum absolute atomic E-state index is 0.112. The van der Waals surface area contributed by atoms with Crippen LogP contribution < -0.4 is 14.9 Å². The highest BCUT2D eigenvalue weighted by atomic mass is 32.2. The monoisotopic (exact) mass is 580 g/mol. The highest BCUT2D eigenvalue weighted by Gasteiger charge is 2.25. The molecule has 2 N–H and O–H groups in total.